The van der Waals surface area contributed by atoms with Crippen LogP contribution in [-0.4, -0.2) is 137 Å². The summed E-state index contributed by atoms with van der Waals surface area (Å²) in [6, 6.07) is 7.59. The number of hydrogen-bond donors (Lipinski definition) is 7. The summed E-state index contributed by atoms with van der Waals surface area (Å²) < 4.78 is 34.9. The fourth-order valence-corrected chi connectivity index (χ4v) is 7.66. The topological polar surface area (TPSA) is 275 Å². The number of carboxylic acid groups (broad SMARTS) is 1. The number of nitrogens with zero attached hydrogens (tertiary/aromatic N) is 5. The number of carboxylic acids is 1. The molecule has 3 rings (SSSR count). The maximum Gasteiger partial charge on any atom is 0.340 e. The van der Waals surface area contributed by atoms with Crippen LogP contribution in [0.3, 0.4) is 0 Å². The van der Waals surface area contributed by atoms with E-state index < -0.39 is 69.8 Å². The van der Waals surface area contributed by atoms with Crippen LogP contribution in [0.4, 0.5) is 0 Å². The van der Waals surface area contributed by atoms with E-state index in [9.17, 15) is 38.6 Å². The molecule has 2 aromatic rings. The molecule has 1 unspecified atom stereocenters. The number of hydrogen-bond acceptors (Lipinski definition) is 13. The molecule has 7 N–H and O–H groups in total. The number of aromatic nitrogens is 2. The van der Waals surface area contributed by atoms with Crippen molar-refractivity contribution < 1.29 is 62.8 Å². The molecule has 0 aliphatic carbocycles. The predicted molar refractivity (Wildman–Crippen MR) is 207 cm³/mol. The number of aliphatic hydroxyl groups is 2. The van der Waals surface area contributed by atoms with Crippen molar-refractivity contribution in [2.75, 3.05) is 58.3 Å². The van der Waals surface area contributed by atoms with Gasteiger partial charge >= 0.3 is 26.9 Å². The van der Waals surface area contributed by atoms with E-state index in [4.69, 9.17) is 24.5 Å². The first-order valence-corrected chi connectivity index (χ1v) is 21.8. The predicted octanol–water partition coefficient (Wildman–Crippen LogP) is 1.08. The molecule has 20 nitrogen and oxygen atoms in total. The standard InChI is InChI=1S/C22H30N4O14P2.2C6H15N/c1-25-16(24-38-10-13-2-4-14(5-3-13)20(31)23-8-6-17(27)28)7-9-26(22(25)32)21-19(30)18(29)15(40-21)11-39-42(36,37)12-41(33,34)35;2*1-4-7(5-2)6-3/h2-5,7,9,15,18-19,21,29-30H,6,8,10-12H2,1H3,(H,23,31)(H,27,28)(H,36,37)(H2,33,34,35);2*4-6H2,1-3H3/b24-16-;;/t15-,18-,19-,21-;;/m1../s1. The SMILES string of the molecule is CCN(CC)CC.CCN(CC)CC.Cn1c(=O)n([C@@H]2O[C@H](COP(=O)(O)CP(=O)(O)O)[C@@H](O)[C@H]2O)cc/c1=N/OCc1ccc(C(=O)NCCC(=O)O)cc1. The van der Waals surface area contributed by atoms with Gasteiger partial charge in [-0.25, -0.2) is 4.79 Å². The third-order valence-electron chi connectivity index (χ3n) is 8.56. The lowest BCUT2D eigenvalue weighted by Crippen LogP contribution is -2.42. The van der Waals surface area contributed by atoms with E-state index in [1.807, 2.05) is 0 Å². The second-order valence-electron chi connectivity index (χ2n) is 12.4. The minimum atomic E-state index is -4.88. The summed E-state index contributed by atoms with van der Waals surface area (Å²) in [4.78, 5) is 72.9. The van der Waals surface area contributed by atoms with Gasteiger partial charge < -0.3 is 59.2 Å². The molecule has 56 heavy (non-hydrogen) atoms. The van der Waals surface area contributed by atoms with Gasteiger partial charge in [0.1, 0.15) is 24.9 Å². The fraction of sp³-hybridized carbons (Fsp3) is 0.647. The first-order chi connectivity index (χ1) is 26.3. The highest BCUT2D eigenvalue weighted by molar-refractivity contribution is 7.70. The van der Waals surface area contributed by atoms with Crippen molar-refractivity contribution in [3.8, 4) is 0 Å². The van der Waals surface area contributed by atoms with Crippen LogP contribution in [0.5, 0.6) is 0 Å². The maximum atomic E-state index is 12.9. The Balaban J connectivity index is 0.000000949. The molecule has 320 valence electrons. The van der Waals surface area contributed by atoms with Gasteiger partial charge in [-0.2, -0.15) is 0 Å². The lowest BCUT2D eigenvalue weighted by atomic mass is 10.1. The number of nitrogens with one attached hydrogen (secondary N) is 1. The highest BCUT2D eigenvalue weighted by Gasteiger charge is 2.45. The summed E-state index contributed by atoms with van der Waals surface area (Å²) >= 11 is 0. The van der Waals surface area contributed by atoms with Crippen molar-refractivity contribution in [2.45, 2.75) is 79.1 Å². The highest BCUT2D eigenvalue weighted by atomic mass is 31.2. The van der Waals surface area contributed by atoms with Gasteiger partial charge in [-0.1, -0.05) is 58.8 Å². The Labute approximate surface area is 327 Å². The number of aliphatic hydroxyl groups excluding tert-OH is 2. The van der Waals surface area contributed by atoms with E-state index in [2.05, 4.69) is 66.3 Å². The molecule has 1 aromatic heterocycles. The third-order valence-corrected chi connectivity index (χ3v) is 12.0. The van der Waals surface area contributed by atoms with Gasteiger partial charge in [0.2, 0.25) is 0 Å². The molecule has 0 radical (unpaired) electrons. The highest BCUT2D eigenvalue weighted by Crippen LogP contribution is 2.55. The van der Waals surface area contributed by atoms with Crippen LogP contribution < -0.4 is 16.5 Å². The average molecular weight is 839 g/mol. The minimum Gasteiger partial charge on any atom is -0.481 e. The monoisotopic (exact) mass is 838 g/mol. The summed E-state index contributed by atoms with van der Waals surface area (Å²) in [6.07, 6.45) is -5.19. The van der Waals surface area contributed by atoms with Gasteiger partial charge in [-0.05, 0) is 57.0 Å². The molecule has 0 saturated carbocycles. The average Bonchev–Trinajstić information content (AvgIpc) is 3.42. The van der Waals surface area contributed by atoms with Gasteiger partial charge in [-0.15, -0.1) is 0 Å². The zero-order valence-electron chi connectivity index (χ0n) is 33.1. The first-order valence-electron chi connectivity index (χ1n) is 18.3. The lowest BCUT2D eigenvalue weighted by molar-refractivity contribution is -0.136. The van der Waals surface area contributed by atoms with E-state index in [1.54, 1.807) is 12.1 Å². The van der Waals surface area contributed by atoms with Gasteiger partial charge in [-0.3, -0.25) is 27.9 Å². The lowest BCUT2D eigenvalue weighted by Gasteiger charge is -2.19. The van der Waals surface area contributed by atoms with Crippen LogP contribution in [0.15, 0.2) is 46.5 Å². The normalized spacial score (nSPS) is 19.4. The summed E-state index contributed by atoms with van der Waals surface area (Å²) in [6.45, 7) is 19.4. The smallest absolute Gasteiger partial charge is 0.340 e. The van der Waals surface area contributed by atoms with Crippen molar-refractivity contribution in [2.24, 2.45) is 12.2 Å². The van der Waals surface area contributed by atoms with Crippen molar-refractivity contribution in [1.29, 1.82) is 0 Å². The number of benzene rings is 1. The molecule has 1 fully saturated rings. The molecule has 5 atom stereocenters. The Morgan fingerprint density at radius 2 is 1.43 bits per heavy atom. The molecule has 1 aromatic carbocycles. The van der Waals surface area contributed by atoms with Gasteiger partial charge in [0.25, 0.3) is 5.91 Å². The van der Waals surface area contributed by atoms with E-state index in [0.717, 1.165) is 9.13 Å². The molecular formula is C34H60N6O14P2. The maximum absolute atomic E-state index is 12.9. The van der Waals surface area contributed by atoms with E-state index in [0.29, 0.717) is 11.1 Å². The van der Waals surface area contributed by atoms with Crippen LogP contribution in [0.25, 0.3) is 0 Å². The molecule has 1 aliphatic rings. The quantitative estimate of drug-likeness (QED) is 0.0770. The van der Waals surface area contributed by atoms with E-state index in [-0.39, 0.29) is 25.1 Å². The fourth-order valence-electron chi connectivity index (χ4n) is 5.09. The molecule has 2 heterocycles. The molecule has 1 amide bonds. The third kappa shape index (κ3) is 17.9. The Kier molecular flexibility index (Phi) is 22.8. The number of ether oxygens (including phenoxy) is 1. The van der Waals surface area contributed by atoms with Crippen molar-refractivity contribution >= 4 is 27.1 Å². The van der Waals surface area contributed by atoms with Crippen molar-refractivity contribution in [3.63, 3.8) is 0 Å². The van der Waals surface area contributed by atoms with Crippen LogP contribution in [-0.2, 0) is 41.7 Å². The second-order valence-corrected chi connectivity index (χ2v) is 16.4. The van der Waals surface area contributed by atoms with Crippen LogP contribution in [0.2, 0.25) is 0 Å². The Bertz CT molecular complexity index is 1690. The minimum absolute atomic E-state index is 0.0101. The molecular weight excluding hydrogens is 778 g/mol. The second kappa shape index (κ2) is 25.2. The summed E-state index contributed by atoms with van der Waals surface area (Å²) in [5.41, 5.74) is 0.273. The Morgan fingerprint density at radius 3 is 1.89 bits per heavy atom. The van der Waals surface area contributed by atoms with Crippen molar-refractivity contribution in [3.05, 3.63) is 63.6 Å². The molecule has 0 bridgehead atoms. The number of carbonyl (C=O) groups excluding carboxylic acids is 1. The van der Waals surface area contributed by atoms with Crippen molar-refractivity contribution in [1.82, 2.24) is 24.3 Å². The van der Waals surface area contributed by atoms with Gasteiger partial charge in [0.05, 0.1) is 13.0 Å². The summed E-state index contributed by atoms with van der Waals surface area (Å²) in [7, 11) is -8.28. The zero-order valence-corrected chi connectivity index (χ0v) is 34.9. The zero-order chi connectivity index (χ0) is 42.6. The van der Waals surface area contributed by atoms with Crippen LogP contribution >= 0.6 is 15.2 Å². The molecule has 1 aliphatic heterocycles. The largest absolute Gasteiger partial charge is 0.481 e. The number of carbonyl (C=O) groups is 2. The number of aliphatic carboxylic acids is 1. The first kappa shape index (κ1) is 50.8. The van der Waals surface area contributed by atoms with E-state index >= 15 is 0 Å². The summed E-state index contributed by atoms with van der Waals surface area (Å²) in [5.74, 6) is -2.91. The molecule has 22 heteroatoms. The molecule has 1 saturated heterocycles. The molecule has 0 spiro atoms. The van der Waals surface area contributed by atoms with Gasteiger partial charge in [0, 0.05) is 31.4 Å². The van der Waals surface area contributed by atoms with Crippen LogP contribution in [0, 0.1) is 0 Å². The van der Waals surface area contributed by atoms with E-state index in [1.165, 1.54) is 70.7 Å². The Morgan fingerprint density at radius 1 is 0.893 bits per heavy atom. The summed E-state index contributed by atoms with van der Waals surface area (Å²) in [5, 5.41) is 35.7. The Hall–Kier alpha value is -3.26. The van der Waals surface area contributed by atoms with Crippen LogP contribution in [0.1, 0.15) is 70.1 Å². The van der Waals surface area contributed by atoms with Gasteiger partial charge in [0.15, 0.2) is 17.6 Å². The number of rotatable bonds is 19. The number of amides is 1.